The summed E-state index contributed by atoms with van der Waals surface area (Å²) in [4.78, 5) is 25.5. The first-order chi connectivity index (χ1) is 16.1. The van der Waals surface area contributed by atoms with E-state index in [1.165, 1.54) is 11.1 Å². The lowest BCUT2D eigenvalue weighted by atomic mass is 9.66. The lowest BCUT2D eigenvalue weighted by Gasteiger charge is -2.40. The van der Waals surface area contributed by atoms with Crippen LogP contribution in [0.2, 0.25) is 0 Å². The molecule has 0 aromatic carbocycles. The van der Waals surface area contributed by atoms with Gasteiger partial charge in [-0.05, 0) is 76.4 Å². The Kier molecular flexibility index (Phi) is 5.34. The molecule has 0 amide bonds. The van der Waals surface area contributed by atoms with Crippen LogP contribution < -0.4 is 0 Å². The van der Waals surface area contributed by atoms with Crippen LogP contribution in [0, 0.1) is 23.7 Å². The summed E-state index contributed by atoms with van der Waals surface area (Å²) < 4.78 is 24.5. The lowest BCUT2D eigenvalue weighted by molar-refractivity contribution is -0.146. The van der Waals surface area contributed by atoms with Gasteiger partial charge in [0.15, 0.2) is 11.6 Å². The van der Waals surface area contributed by atoms with Crippen LogP contribution in [-0.4, -0.2) is 47.6 Å². The molecule has 2 saturated heterocycles. The highest BCUT2D eigenvalue weighted by Gasteiger charge is 2.52. The molecule has 0 spiro atoms. The number of fused-ring (bicyclic) bond motifs is 4. The maximum Gasteiger partial charge on any atom is 0.163 e. The molecule has 2 saturated carbocycles. The molecule has 184 valence electrons. The molecule has 2 aliphatic heterocycles. The zero-order chi connectivity index (χ0) is 23.8. The predicted octanol–water partition coefficient (Wildman–Crippen LogP) is 4.43. The van der Waals surface area contributed by atoms with Crippen LogP contribution in [0.4, 0.5) is 0 Å². The molecule has 4 fully saturated rings. The van der Waals surface area contributed by atoms with Gasteiger partial charge in [0.05, 0.1) is 24.4 Å². The van der Waals surface area contributed by atoms with Crippen LogP contribution in [0.3, 0.4) is 0 Å². The topological polar surface area (TPSA) is 71.1 Å². The molecule has 8 atom stereocenters. The molecular formula is C28H36O6. The number of ketones is 2. The third kappa shape index (κ3) is 3.97. The van der Waals surface area contributed by atoms with Gasteiger partial charge in [0, 0.05) is 24.7 Å². The number of hydrogen-bond acceptors (Lipinski definition) is 6. The Morgan fingerprint density at radius 2 is 0.941 bits per heavy atom. The summed E-state index contributed by atoms with van der Waals surface area (Å²) in [6, 6.07) is 0. The van der Waals surface area contributed by atoms with Crippen molar-refractivity contribution in [3.63, 3.8) is 0 Å². The number of allylic oxidation sites excluding steroid dienone is 6. The summed E-state index contributed by atoms with van der Waals surface area (Å²) >= 11 is 0. The first-order valence-corrected chi connectivity index (χ1v) is 12.9. The molecule has 0 aromatic rings. The van der Waals surface area contributed by atoms with Crippen molar-refractivity contribution in [2.45, 2.75) is 102 Å². The molecule has 0 bridgehead atoms. The minimum Gasteiger partial charge on any atom is -0.345 e. The maximum atomic E-state index is 12.8. The molecule has 4 aliphatic carbocycles. The lowest BCUT2D eigenvalue weighted by Crippen LogP contribution is -2.43. The van der Waals surface area contributed by atoms with E-state index >= 15 is 0 Å². The van der Waals surface area contributed by atoms with Crippen LogP contribution in [0.25, 0.3) is 0 Å². The van der Waals surface area contributed by atoms with Crippen molar-refractivity contribution < 1.29 is 28.5 Å². The summed E-state index contributed by atoms with van der Waals surface area (Å²) in [6.45, 7) is 7.82. The van der Waals surface area contributed by atoms with Crippen molar-refractivity contribution in [1.82, 2.24) is 0 Å². The highest BCUT2D eigenvalue weighted by molar-refractivity contribution is 5.86. The molecular weight excluding hydrogens is 432 g/mol. The van der Waals surface area contributed by atoms with Gasteiger partial charge in [-0.25, -0.2) is 0 Å². The molecule has 6 nitrogen and oxygen atoms in total. The number of hydrogen-bond donors (Lipinski definition) is 0. The molecule has 0 aromatic heterocycles. The number of carbonyl (C=O) groups excluding carboxylic acids is 2. The molecule has 6 aliphatic rings. The molecule has 0 N–H and O–H groups in total. The van der Waals surface area contributed by atoms with Gasteiger partial charge < -0.3 is 18.9 Å². The Balaban J connectivity index is 1.21. The maximum absolute atomic E-state index is 12.8. The van der Waals surface area contributed by atoms with Crippen LogP contribution in [-0.2, 0) is 28.5 Å². The van der Waals surface area contributed by atoms with Crippen molar-refractivity contribution in [1.29, 1.82) is 0 Å². The monoisotopic (exact) mass is 468 g/mol. The summed E-state index contributed by atoms with van der Waals surface area (Å²) in [5.41, 5.74) is 2.45. The van der Waals surface area contributed by atoms with Crippen LogP contribution >= 0.6 is 0 Å². The van der Waals surface area contributed by atoms with E-state index in [0.29, 0.717) is 24.4 Å². The molecule has 6 rings (SSSR count). The van der Waals surface area contributed by atoms with E-state index in [4.69, 9.17) is 18.9 Å². The van der Waals surface area contributed by atoms with Gasteiger partial charge in [-0.3, -0.25) is 9.59 Å². The Morgan fingerprint density at radius 3 is 1.29 bits per heavy atom. The first kappa shape index (κ1) is 22.8. The van der Waals surface area contributed by atoms with E-state index < -0.39 is 11.6 Å². The Labute approximate surface area is 201 Å². The standard InChI is InChI=1S/C28H36O6/c1-27(2)31-23-11-17-15(7-9-21(29)19(17)13-25(23)33-27)5-6-16-8-10-22(30)20-14-26-24(12-18(16)20)32-28(3,4)34-26/h5-8,17-20,23-26H,9-14H2,1-4H3/b6-5+/t17-,18-,19+,20+,23-,24-,25+,26+/m1/s1. The third-order valence-electron chi connectivity index (χ3n) is 8.72. The Morgan fingerprint density at radius 1 is 0.618 bits per heavy atom. The van der Waals surface area contributed by atoms with E-state index in [2.05, 4.69) is 24.3 Å². The molecule has 0 unspecified atom stereocenters. The van der Waals surface area contributed by atoms with Crippen molar-refractivity contribution >= 4 is 11.6 Å². The van der Waals surface area contributed by atoms with Crippen molar-refractivity contribution in [3.05, 3.63) is 35.5 Å². The van der Waals surface area contributed by atoms with Crippen LogP contribution in [0.1, 0.15) is 66.2 Å². The SMILES string of the molecule is CC1(C)O[C@H]2C[C@@H]3C(=O)CC=C(/C=C/C4=CCC(=O)[C@H]5C[C@@H]6OC(C)(C)O[C@@H]6C[C@H]45)[C@H]3C[C@H]2O1. The van der Waals surface area contributed by atoms with E-state index in [0.717, 1.165) is 25.7 Å². The Hall–Kier alpha value is -1.60. The van der Waals surface area contributed by atoms with E-state index in [1.54, 1.807) is 0 Å². The molecule has 2 heterocycles. The van der Waals surface area contributed by atoms with Gasteiger partial charge in [-0.2, -0.15) is 0 Å². The van der Waals surface area contributed by atoms with E-state index in [1.807, 2.05) is 27.7 Å². The Bertz CT molecular complexity index is 909. The normalized spacial score (nSPS) is 44.7. The quantitative estimate of drug-likeness (QED) is 0.597. The number of Topliss-reactive ketones (excluding diaryl/α,β-unsaturated/α-hetero) is 2. The summed E-state index contributed by atoms with van der Waals surface area (Å²) in [6.07, 6.45) is 12.7. The second-order valence-corrected chi connectivity index (χ2v) is 11.9. The average molecular weight is 469 g/mol. The van der Waals surface area contributed by atoms with Crippen molar-refractivity contribution in [2.24, 2.45) is 23.7 Å². The van der Waals surface area contributed by atoms with Gasteiger partial charge in [0.2, 0.25) is 0 Å². The highest BCUT2D eigenvalue weighted by Crippen LogP contribution is 2.48. The average Bonchev–Trinajstić information content (AvgIpc) is 3.23. The zero-order valence-electron chi connectivity index (χ0n) is 20.6. The number of ether oxygens (including phenoxy) is 4. The van der Waals surface area contributed by atoms with Gasteiger partial charge in [-0.15, -0.1) is 0 Å². The smallest absolute Gasteiger partial charge is 0.163 e. The fourth-order valence-electron chi connectivity index (χ4n) is 7.34. The third-order valence-corrected chi connectivity index (χ3v) is 8.72. The number of rotatable bonds is 2. The fraction of sp³-hybridized carbons (Fsp3) is 0.714. The highest BCUT2D eigenvalue weighted by atomic mass is 16.8. The van der Waals surface area contributed by atoms with Gasteiger partial charge in [0.1, 0.15) is 11.6 Å². The van der Waals surface area contributed by atoms with Crippen LogP contribution in [0.15, 0.2) is 35.5 Å². The summed E-state index contributed by atoms with van der Waals surface area (Å²) in [5.74, 6) is -0.202. The predicted molar refractivity (Wildman–Crippen MR) is 125 cm³/mol. The van der Waals surface area contributed by atoms with Gasteiger partial charge in [0.25, 0.3) is 0 Å². The van der Waals surface area contributed by atoms with Crippen molar-refractivity contribution in [3.8, 4) is 0 Å². The van der Waals surface area contributed by atoms with Crippen LogP contribution in [0.5, 0.6) is 0 Å². The van der Waals surface area contributed by atoms with Crippen molar-refractivity contribution in [2.75, 3.05) is 0 Å². The second-order valence-electron chi connectivity index (χ2n) is 11.9. The molecule has 0 radical (unpaired) electrons. The van der Waals surface area contributed by atoms with E-state index in [-0.39, 0.29) is 48.1 Å². The minimum absolute atomic E-state index is 0.000214. The van der Waals surface area contributed by atoms with Gasteiger partial charge >= 0.3 is 0 Å². The molecule has 34 heavy (non-hydrogen) atoms. The second kappa shape index (κ2) is 7.95. The summed E-state index contributed by atoms with van der Waals surface area (Å²) in [5, 5.41) is 0. The largest absolute Gasteiger partial charge is 0.345 e. The van der Waals surface area contributed by atoms with Gasteiger partial charge in [-0.1, -0.05) is 24.3 Å². The zero-order valence-corrected chi connectivity index (χ0v) is 20.6. The number of carbonyl (C=O) groups is 2. The first-order valence-electron chi connectivity index (χ1n) is 12.9. The minimum atomic E-state index is -0.584. The molecule has 6 heteroatoms. The van der Waals surface area contributed by atoms with E-state index in [9.17, 15) is 9.59 Å². The summed E-state index contributed by atoms with van der Waals surface area (Å²) in [7, 11) is 0. The fourth-order valence-corrected chi connectivity index (χ4v) is 7.34.